The molecule has 0 fully saturated rings. The highest BCUT2D eigenvalue weighted by molar-refractivity contribution is 9.10. The Morgan fingerprint density at radius 3 is 2.37 bits per heavy atom. The van der Waals surface area contributed by atoms with Crippen LogP contribution in [0.2, 0.25) is 0 Å². The van der Waals surface area contributed by atoms with Gasteiger partial charge in [0.25, 0.3) is 0 Å². The zero-order valence-electron chi connectivity index (χ0n) is 10.6. The van der Waals surface area contributed by atoms with Crippen LogP contribution in [0.4, 0.5) is 0 Å². The van der Waals surface area contributed by atoms with Gasteiger partial charge in [0.1, 0.15) is 11.5 Å². The standard InChI is InChI=1S/C15H13BrO3/c1-10-3-6-12(7-4-10)19-15(17)11-5-8-14(18-2)13(16)9-11/h3-9H,1-2H3. The van der Waals surface area contributed by atoms with Crippen LogP contribution in [0.15, 0.2) is 46.9 Å². The summed E-state index contributed by atoms with van der Waals surface area (Å²) in [7, 11) is 1.57. The van der Waals surface area contributed by atoms with Crippen molar-refractivity contribution in [1.82, 2.24) is 0 Å². The molecule has 98 valence electrons. The molecule has 0 spiro atoms. The summed E-state index contributed by atoms with van der Waals surface area (Å²) in [6, 6.07) is 12.4. The average molecular weight is 321 g/mol. The Morgan fingerprint density at radius 1 is 1.11 bits per heavy atom. The lowest BCUT2D eigenvalue weighted by Crippen LogP contribution is -2.08. The highest BCUT2D eigenvalue weighted by atomic mass is 79.9. The van der Waals surface area contributed by atoms with E-state index >= 15 is 0 Å². The minimum atomic E-state index is -0.396. The van der Waals surface area contributed by atoms with Crippen molar-refractivity contribution >= 4 is 21.9 Å². The molecule has 0 aliphatic carbocycles. The monoisotopic (exact) mass is 320 g/mol. The maximum absolute atomic E-state index is 12.0. The molecule has 0 amide bonds. The minimum absolute atomic E-state index is 0.396. The van der Waals surface area contributed by atoms with Crippen molar-refractivity contribution in [2.75, 3.05) is 7.11 Å². The second-order valence-electron chi connectivity index (χ2n) is 4.05. The van der Waals surface area contributed by atoms with E-state index in [9.17, 15) is 4.79 Å². The first-order valence-electron chi connectivity index (χ1n) is 5.72. The van der Waals surface area contributed by atoms with Gasteiger partial charge in [-0.15, -0.1) is 0 Å². The fourth-order valence-electron chi connectivity index (χ4n) is 1.57. The largest absolute Gasteiger partial charge is 0.496 e. The molecule has 0 saturated heterocycles. The van der Waals surface area contributed by atoms with Gasteiger partial charge in [-0.05, 0) is 53.2 Å². The molecular formula is C15H13BrO3. The zero-order chi connectivity index (χ0) is 13.8. The van der Waals surface area contributed by atoms with E-state index in [0.29, 0.717) is 21.5 Å². The van der Waals surface area contributed by atoms with Gasteiger partial charge < -0.3 is 9.47 Å². The van der Waals surface area contributed by atoms with Crippen LogP contribution in [0.25, 0.3) is 0 Å². The van der Waals surface area contributed by atoms with Crippen molar-refractivity contribution in [3.63, 3.8) is 0 Å². The van der Waals surface area contributed by atoms with Crippen LogP contribution < -0.4 is 9.47 Å². The van der Waals surface area contributed by atoms with E-state index < -0.39 is 5.97 Å². The van der Waals surface area contributed by atoms with E-state index in [0.717, 1.165) is 5.56 Å². The molecule has 2 aromatic rings. The van der Waals surface area contributed by atoms with Crippen LogP contribution in [-0.4, -0.2) is 13.1 Å². The highest BCUT2D eigenvalue weighted by Gasteiger charge is 2.11. The Morgan fingerprint density at radius 2 is 1.79 bits per heavy atom. The predicted molar refractivity (Wildman–Crippen MR) is 76.8 cm³/mol. The zero-order valence-corrected chi connectivity index (χ0v) is 12.2. The molecule has 0 heterocycles. The summed E-state index contributed by atoms with van der Waals surface area (Å²) in [4.78, 5) is 12.0. The normalized spacial score (nSPS) is 10.1. The summed E-state index contributed by atoms with van der Waals surface area (Å²) in [5.41, 5.74) is 1.58. The van der Waals surface area contributed by atoms with Crippen LogP contribution in [0.3, 0.4) is 0 Å². The summed E-state index contributed by atoms with van der Waals surface area (Å²) >= 11 is 3.34. The van der Waals surface area contributed by atoms with Gasteiger partial charge in [-0.25, -0.2) is 4.79 Å². The second kappa shape index (κ2) is 5.89. The van der Waals surface area contributed by atoms with Crippen molar-refractivity contribution in [3.8, 4) is 11.5 Å². The number of esters is 1. The minimum Gasteiger partial charge on any atom is -0.496 e. The van der Waals surface area contributed by atoms with Crippen molar-refractivity contribution in [1.29, 1.82) is 0 Å². The van der Waals surface area contributed by atoms with E-state index in [1.807, 2.05) is 19.1 Å². The quantitative estimate of drug-likeness (QED) is 0.633. The molecule has 4 heteroatoms. The fourth-order valence-corrected chi connectivity index (χ4v) is 2.11. The lowest BCUT2D eigenvalue weighted by atomic mass is 10.2. The first-order chi connectivity index (χ1) is 9.10. The molecule has 0 saturated carbocycles. The van der Waals surface area contributed by atoms with Gasteiger partial charge in [0, 0.05) is 0 Å². The van der Waals surface area contributed by atoms with E-state index in [2.05, 4.69) is 15.9 Å². The van der Waals surface area contributed by atoms with E-state index in [1.54, 1.807) is 37.4 Å². The molecule has 19 heavy (non-hydrogen) atoms. The number of hydrogen-bond acceptors (Lipinski definition) is 3. The molecule has 2 aromatic carbocycles. The smallest absolute Gasteiger partial charge is 0.343 e. The van der Waals surface area contributed by atoms with Gasteiger partial charge in [-0.1, -0.05) is 17.7 Å². The molecule has 3 nitrogen and oxygen atoms in total. The van der Waals surface area contributed by atoms with Crippen LogP contribution in [0, 0.1) is 6.92 Å². The third-order valence-electron chi connectivity index (χ3n) is 2.62. The number of carbonyl (C=O) groups excluding carboxylic acids is 1. The number of rotatable bonds is 3. The van der Waals surface area contributed by atoms with Crippen molar-refractivity contribution in [2.45, 2.75) is 6.92 Å². The molecule has 0 N–H and O–H groups in total. The van der Waals surface area contributed by atoms with Crippen LogP contribution in [0.1, 0.15) is 15.9 Å². The van der Waals surface area contributed by atoms with Gasteiger partial charge in [0.2, 0.25) is 0 Å². The van der Waals surface area contributed by atoms with Gasteiger partial charge in [-0.2, -0.15) is 0 Å². The van der Waals surface area contributed by atoms with Crippen molar-refractivity contribution in [3.05, 3.63) is 58.1 Å². The van der Waals surface area contributed by atoms with Gasteiger partial charge in [0.15, 0.2) is 0 Å². The Kier molecular flexibility index (Phi) is 4.22. The third kappa shape index (κ3) is 3.35. The molecule has 0 atom stereocenters. The number of methoxy groups -OCH3 is 1. The summed E-state index contributed by atoms with van der Waals surface area (Å²) in [5.74, 6) is 0.807. The van der Waals surface area contributed by atoms with Gasteiger partial charge >= 0.3 is 5.97 Å². The third-order valence-corrected chi connectivity index (χ3v) is 3.24. The van der Waals surface area contributed by atoms with Gasteiger partial charge in [0.05, 0.1) is 17.1 Å². The fraction of sp³-hybridized carbons (Fsp3) is 0.133. The SMILES string of the molecule is COc1ccc(C(=O)Oc2ccc(C)cc2)cc1Br. The Bertz CT molecular complexity index is 591. The molecule has 0 unspecified atom stereocenters. The molecule has 0 bridgehead atoms. The summed E-state index contributed by atoms with van der Waals surface area (Å²) in [6.45, 7) is 1.98. The van der Waals surface area contributed by atoms with E-state index in [-0.39, 0.29) is 0 Å². The number of aryl methyl sites for hydroxylation is 1. The number of ether oxygens (including phenoxy) is 2. The molecule has 0 aliphatic heterocycles. The highest BCUT2D eigenvalue weighted by Crippen LogP contribution is 2.26. The molecule has 0 aromatic heterocycles. The lowest BCUT2D eigenvalue weighted by molar-refractivity contribution is 0.0734. The van der Waals surface area contributed by atoms with Crippen LogP contribution in [-0.2, 0) is 0 Å². The summed E-state index contributed by atoms with van der Waals surface area (Å²) in [5, 5.41) is 0. The Hall–Kier alpha value is -1.81. The summed E-state index contributed by atoms with van der Waals surface area (Å²) < 4.78 is 11.1. The second-order valence-corrected chi connectivity index (χ2v) is 4.91. The van der Waals surface area contributed by atoms with E-state index in [4.69, 9.17) is 9.47 Å². The predicted octanol–water partition coefficient (Wildman–Crippen LogP) is 3.99. The number of halogens is 1. The van der Waals surface area contributed by atoms with Gasteiger partial charge in [-0.3, -0.25) is 0 Å². The topological polar surface area (TPSA) is 35.5 Å². The first kappa shape index (κ1) is 13.6. The van der Waals surface area contributed by atoms with E-state index in [1.165, 1.54) is 0 Å². The van der Waals surface area contributed by atoms with Crippen LogP contribution >= 0.6 is 15.9 Å². The van der Waals surface area contributed by atoms with Crippen molar-refractivity contribution < 1.29 is 14.3 Å². The Balaban J connectivity index is 2.16. The summed E-state index contributed by atoms with van der Waals surface area (Å²) in [6.07, 6.45) is 0. The number of hydrogen-bond donors (Lipinski definition) is 0. The maximum atomic E-state index is 12.0. The first-order valence-corrected chi connectivity index (χ1v) is 6.52. The maximum Gasteiger partial charge on any atom is 0.343 e. The Labute approximate surface area is 120 Å². The van der Waals surface area contributed by atoms with Crippen LogP contribution in [0.5, 0.6) is 11.5 Å². The number of carbonyl (C=O) groups is 1. The molecule has 0 aliphatic rings. The molecule has 2 rings (SSSR count). The average Bonchev–Trinajstić information content (AvgIpc) is 2.41. The van der Waals surface area contributed by atoms with Crippen molar-refractivity contribution in [2.24, 2.45) is 0 Å². The lowest BCUT2D eigenvalue weighted by Gasteiger charge is -2.07. The number of benzene rings is 2. The molecule has 0 radical (unpaired) electrons. The molecular weight excluding hydrogens is 308 g/mol.